The van der Waals surface area contributed by atoms with Gasteiger partial charge in [0.25, 0.3) is 5.56 Å². The highest BCUT2D eigenvalue weighted by atomic mass is 35.5. The Bertz CT molecular complexity index is 1410. The molecule has 0 spiro atoms. The van der Waals surface area contributed by atoms with E-state index in [-0.39, 0.29) is 5.56 Å². The molecule has 0 saturated heterocycles. The number of rotatable bonds is 2. The minimum Gasteiger partial charge on any atom is -0.332 e. The van der Waals surface area contributed by atoms with Crippen molar-refractivity contribution in [1.82, 2.24) is 24.9 Å². The number of aromatic nitrogens is 5. The molecule has 5 aromatic rings. The minimum absolute atomic E-state index is 0.281. The van der Waals surface area contributed by atoms with Crippen LogP contribution in [0.5, 0.6) is 0 Å². The zero-order valence-electron chi connectivity index (χ0n) is 13.5. The van der Waals surface area contributed by atoms with Gasteiger partial charge in [0.2, 0.25) is 0 Å². The maximum absolute atomic E-state index is 13.9. The van der Waals surface area contributed by atoms with E-state index in [0.717, 1.165) is 0 Å². The van der Waals surface area contributed by atoms with Crippen LogP contribution in [0, 0.1) is 5.82 Å². The standard InChI is InChI=1S/C18H9ClFN5OS/c19-12-6-13(23-7-22-12)27-18-24-15-9-2-1-8(20)5-11(9)14-10(16(15)25-18)3-4-21-17(14)26/h1-7H,(H,21,26)(H,24,25). The molecule has 132 valence electrons. The normalized spacial score (nSPS) is 11.6. The summed E-state index contributed by atoms with van der Waals surface area (Å²) >= 11 is 7.20. The minimum atomic E-state index is -0.410. The maximum Gasteiger partial charge on any atom is 0.256 e. The lowest BCUT2D eigenvalue weighted by atomic mass is 10.0. The highest BCUT2D eigenvalue weighted by Gasteiger charge is 2.16. The molecule has 0 fully saturated rings. The Morgan fingerprint density at radius 1 is 1.07 bits per heavy atom. The predicted molar refractivity (Wildman–Crippen MR) is 103 cm³/mol. The van der Waals surface area contributed by atoms with E-state index in [0.29, 0.717) is 47.9 Å². The molecule has 0 unspecified atom stereocenters. The van der Waals surface area contributed by atoms with Gasteiger partial charge >= 0.3 is 0 Å². The maximum atomic E-state index is 13.9. The number of pyridine rings is 1. The van der Waals surface area contributed by atoms with Gasteiger partial charge in [-0.2, -0.15) is 0 Å². The number of imidazole rings is 1. The van der Waals surface area contributed by atoms with Crippen LogP contribution in [0.25, 0.3) is 32.6 Å². The monoisotopic (exact) mass is 397 g/mol. The summed E-state index contributed by atoms with van der Waals surface area (Å²) in [4.78, 5) is 31.0. The Kier molecular flexibility index (Phi) is 3.63. The van der Waals surface area contributed by atoms with Crippen LogP contribution in [0.3, 0.4) is 0 Å². The van der Waals surface area contributed by atoms with Gasteiger partial charge in [0.15, 0.2) is 5.16 Å². The molecule has 3 heterocycles. The number of benzene rings is 2. The Hall–Kier alpha value is -2.97. The second-order valence-electron chi connectivity index (χ2n) is 5.83. The van der Waals surface area contributed by atoms with Crippen LogP contribution in [0.4, 0.5) is 4.39 Å². The third kappa shape index (κ3) is 2.65. The van der Waals surface area contributed by atoms with Crippen molar-refractivity contribution in [2.24, 2.45) is 0 Å². The van der Waals surface area contributed by atoms with Gasteiger partial charge in [-0.3, -0.25) is 4.79 Å². The first-order valence-electron chi connectivity index (χ1n) is 7.88. The van der Waals surface area contributed by atoms with Crippen molar-refractivity contribution in [2.45, 2.75) is 10.2 Å². The van der Waals surface area contributed by atoms with E-state index in [1.54, 1.807) is 24.4 Å². The Morgan fingerprint density at radius 2 is 1.96 bits per heavy atom. The first-order chi connectivity index (χ1) is 13.1. The summed E-state index contributed by atoms with van der Waals surface area (Å²) in [6, 6.07) is 7.76. The van der Waals surface area contributed by atoms with E-state index in [4.69, 9.17) is 11.6 Å². The smallest absolute Gasteiger partial charge is 0.256 e. The van der Waals surface area contributed by atoms with Gasteiger partial charge in [-0.1, -0.05) is 11.6 Å². The van der Waals surface area contributed by atoms with Crippen molar-refractivity contribution < 1.29 is 4.39 Å². The molecule has 0 atom stereocenters. The molecular formula is C18H9ClFN5OS. The quantitative estimate of drug-likeness (QED) is 0.342. The van der Waals surface area contributed by atoms with E-state index in [1.807, 2.05) is 0 Å². The largest absolute Gasteiger partial charge is 0.332 e. The molecule has 2 aromatic carbocycles. The number of halogens is 2. The van der Waals surface area contributed by atoms with Crippen molar-refractivity contribution in [3.05, 3.63) is 64.2 Å². The fourth-order valence-corrected chi connectivity index (χ4v) is 4.12. The highest BCUT2D eigenvalue weighted by Crippen LogP contribution is 2.35. The molecule has 0 aliphatic rings. The first-order valence-corrected chi connectivity index (χ1v) is 9.07. The van der Waals surface area contributed by atoms with Crippen molar-refractivity contribution in [1.29, 1.82) is 0 Å². The molecule has 2 N–H and O–H groups in total. The molecule has 0 saturated carbocycles. The molecule has 0 aliphatic heterocycles. The average Bonchev–Trinajstić information content (AvgIpc) is 3.05. The zero-order chi connectivity index (χ0) is 18.5. The number of fused-ring (bicyclic) bond motifs is 6. The van der Waals surface area contributed by atoms with Crippen LogP contribution in [-0.4, -0.2) is 24.9 Å². The van der Waals surface area contributed by atoms with Gasteiger partial charge in [-0.25, -0.2) is 19.3 Å². The van der Waals surface area contributed by atoms with Crippen LogP contribution in [0.15, 0.2) is 57.8 Å². The van der Waals surface area contributed by atoms with E-state index in [9.17, 15) is 9.18 Å². The number of nitrogens with zero attached hydrogens (tertiary/aromatic N) is 3. The number of nitrogens with one attached hydrogen (secondary N) is 2. The molecule has 0 aliphatic carbocycles. The second-order valence-corrected chi connectivity index (χ2v) is 7.23. The topological polar surface area (TPSA) is 87.3 Å². The van der Waals surface area contributed by atoms with Crippen molar-refractivity contribution in [2.75, 3.05) is 0 Å². The molecule has 6 nitrogen and oxygen atoms in total. The molecule has 0 radical (unpaired) electrons. The molecule has 3 aromatic heterocycles. The molecule has 5 rings (SSSR count). The van der Waals surface area contributed by atoms with Gasteiger partial charge in [0, 0.05) is 28.4 Å². The molecular weight excluding hydrogens is 389 g/mol. The Balaban J connectivity index is 1.84. The van der Waals surface area contributed by atoms with Gasteiger partial charge in [-0.15, -0.1) is 0 Å². The second kappa shape index (κ2) is 6.04. The summed E-state index contributed by atoms with van der Waals surface area (Å²) in [5.41, 5.74) is 1.08. The average molecular weight is 398 g/mol. The van der Waals surface area contributed by atoms with E-state index in [2.05, 4.69) is 24.9 Å². The Labute approximate surface area is 159 Å². The van der Waals surface area contributed by atoms with Gasteiger partial charge in [0.05, 0.1) is 16.4 Å². The van der Waals surface area contributed by atoms with Crippen LogP contribution in [0.2, 0.25) is 5.15 Å². The van der Waals surface area contributed by atoms with Gasteiger partial charge < -0.3 is 9.97 Å². The zero-order valence-corrected chi connectivity index (χ0v) is 15.0. The lowest BCUT2D eigenvalue weighted by Gasteiger charge is -2.05. The number of hydrogen-bond acceptors (Lipinski definition) is 5. The van der Waals surface area contributed by atoms with Crippen molar-refractivity contribution in [3.63, 3.8) is 0 Å². The fraction of sp³-hybridized carbons (Fsp3) is 0. The summed E-state index contributed by atoms with van der Waals surface area (Å²) in [6.07, 6.45) is 2.94. The Morgan fingerprint density at radius 3 is 2.81 bits per heavy atom. The van der Waals surface area contributed by atoms with E-state index in [1.165, 1.54) is 30.2 Å². The van der Waals surface area contributed by atoms with E-state index >= 15 is 0 Å². The third-order valence-electron chi connectivity index (χ3n) is 4.23. The molecule has 0 bridgehead atoms. The van der Waals surface area contributed by atoms with Crippen LogP contribution in [0.1, 0.15) is 0 Å². The number of hydrogen-bond donors (Lipinski definition) is 2. The highest BCUT2D eigenvalue weighted by molar-refractivity contribution is 7.99. The number of H-pyrrole nitrogens is 2. The summed E-state index contributed by atoms with van der Waals surface area (Å²) in [5.74, 6) is -0.410. The van der Waals surface area contributed by atoms with Crippen molar-refractivity contribution in [3.8, 4) is 0 Å². The summed E-state index contributed by atoms with van der Waals surface area (Å²) in [5, 5.41) is 3.86. The lowest BCUT2D eigenvalue weighted by Crippen LogP contribution is -2.05. The summed E-state index contributed by atoms with van der Waals surface area (Å²) in [7, 11) is 0. The number of aromatic amines is 2. The SMILES string of the molecule is O=c1[nH]ccc2c3[nH]c(Sc4cc(Cl)ncn4)nc3c3ccc(F)cc3c12. The molecule has 0 amide bonds. The third-order valence-corrected chi connectivity index (χ3v) is 5.25. The van der Waals surface area contributed by atoms with Crippen LogP contribution in [-0.2, 0) is 0 Å². The molecule has 27 heavy (non-hydrogen) atoms. The van der Waals surface area contributed by atoms with Crippen molar-refractivity contribution >= 4 is 55.9 Å². The molecule has 9 heteroatoms. The van der Waals surface area contributed by atoms with E-state index < -0.39 is 5.82 Å². The summed E-state index contributed by atoms with van der Waals surface area (Å²) < 4.78 is 13.9. The van der Waals surface area contributed by atoms with Gasteiger partial charge in [0.1, 0.15) is 22.3 Å². The fourth-order valence-electron chi connectivity index (χ4n) is 3.15. The predicted octanol–water partition coefficient (Wildman–Crippen LogP) is 4.29. The summed E-state index contributed by atoms with van der Waals surface area (Å²) in [6.45, 7) is 0. The first kappa shape index (κ1) is 16.2. The van der Waals surface area contributed by atoms with Gasteiger partial charge in [-0.05, 0) is 36.0 Å². The van der Waals surface area contributed by atoms with Crippen LogP contribution < -0.4 is 5.56 Å². The van der Waals surface area contributed by atoms with Crippen LogP contribution >= 0.6 is 23.4 Å². The lowest BCUT2D eigenvalue weighted by molar-refractivity contribution is 0.630.